The minimum atomic E-state index is -2.24. The number of thioether (sulfide) groups is 1. The van der Waals surface area contributed by atoms with Crippen LogP contribution in [0.4, 0.5) is 10.5 Å². The zero-order chi connectivity index (χ0) is 36.1. The Kier molecular flexibility index (Phi) is 12.4. The van der Waals surface area contributed by atoms with E-state index in [1.807, 2.05) is 32.2 Å². The fourth-order valence-electron chi connectivity index (χ4n) is 6.71. The van der Waals surface area contributed by atoms with Crippen molar-refractivity contribution in [3.8, 4) is 0 Å². The first-order chi connectivity index (χ1) is 23.0. The molecule has 0 bridgehead atoms. The summed E-state index contributed by atoms with van der Waals surface area (Å²) in [6.07, 6.45) is 9.55. The van der Waals surface area contributed by atoms with Crippen LogP contribution in [0.25, 0.3) is 5.57 Å². The molecule has 7 nitrogen and oxygen atoms in total. The Balaban J connectivity index is 1.65. The molecule has 0 aromatic heterocycles. The van der Waals surface area contributed by atoms with Gasteiger partial charge in [0.15, 0.2) is 11.5 Å². The van der Waals surface area contributed by atoms with Crippen LogP contribution in [0.1, 0.15) is 77.0 Å². The van der Waals surface area contributed by atoms with E-state index in [0.717, 1.165) is 17.9 Å². The average Bonchev–Trinajstić information content (AvgIpc) is 3.00. The lowest BCUT2D eigenvalue weighted by atomic mass is 9.87. The molecule has 0 spiro atoms. The summed E-state index contributed by atoms with van der Waals surface area (Å²) < 4.78 is 5.45. The van der Waals surface area contributed by atoms with Crippen molar-refractivity contribution in [2.24, 2.45) is 11.8 Å². The average molecular weight is 701 g/mol. The highest BCUT2D eigenvalue weighted by molar-refractivity contribution is 7.98. The number of hydrogen-bond acceptors (Lipinski definition) is 5. The van der Waals surface area contributed by atoms with Crippen LogP contribution in [-0.2, 0) is 14.3 Å². The monoisotopic (exact) mass is 700 g/mol. The van der Waals surface area contributed by atoms with Crippen LogP contribution in [0.5, 0.6) is 0 Å². The molecule has 9 heteroatoms. The lowest BCUT2D eigenvalue weighted by molar-refractivity contribution is -0.127. The van der Waals surface area contributed by atoms with Crippen LogP contribution >= 0.6 is 11.8 Å². The molecular weight excluding hydrogens is 647 g/mol. The molecule has 4 N–H and O–H groups in total. The van der Waals surface area contributed by atoms with Crippen molar-refractivity contribution in [3.63, 3.8) is 0 Å². The molecule has 0 saturated heterocycles. The first-order valence-electron chi connectivity index (χ1n) is 17.3. The zero-order valence-corrected chi connectivity index (χ0v) is 32.5. The van der Waals surface area contributed by atoms with Crippen LogP contribution in [0.15, 0.2) is 71.5 Å². The molecule has 2 aliphatic rings. The van der Waals surface area contributed by atoms with Crippen LogP contribution < -0.4 is 21.2 Å². The van der Waals surface area contributed by atoms with E-state index in [9.17, 15) is 14.4 Å². The van der Waals surface area contributed by atoms with Gasteiger partial charge in [0.2, 0.25) is 5.91 Å². The number of carbonyl (C=O) groups excluding carboxylic acids is 3. The van der Waals surface area contributed by atoms with Gasteiger partial charge in [-0.05, 0) is 121 Å². The third kappa shape index (κ3) is 9.51. The Labute approximate surface area is 298 Å². The number of allylic oxidation sites excluding steroid dienone is 5. The number of anilines is 1. The number of carbonyl (C=O) groups is 3. The minimum Gasteiger partial charge on any atom is -0.444 e. The Morgan fingerprint density at radius 1 is 1.02 bits per heavy atom. The van der Waals surface area contributed by atoms with Gasteiger partial charge in [-0.2, -0.15) is 11.8 Å². The lowest BCUT2D eigenvalue weighted by Gasteiger charge is -2.38. The van der Waals surface area contributed by atoms with Crippen molar-refractivity contribution < 1.29 is 24.5 Å². The molecular formula is C40H54N3O4SSi+. The Morgan fingerprint density at radius 2 is 1.73 bits per heavy atom. The van der Waals surface area contributed by atoms with E-state index < -0.39 is 31.7 Å². The van der Waals surface area contributed by atoms with Gasteiger partial charge in [0.05, 0.1) is 6.04 Å². The molecule has 0 unspecified atom stereocenters. The molecule has 1 aliphatic heterocycles. The smallest absolute Gasteiger partial charge is 0.408 e. The number of alkyl carbamates (subject to hydrolysis) is 1. The van der Waals surface area contributed by atoms with E-state index in [2.05, 4.69) is 79.2 Å². The van der Waals surface area contributed by atoms with Crippen molar-refractivity contribution >= 4 is 59.8 Å². The van der Waals surface area contributed by atoms with Gasteiger partial charge in [-0.1, -0.05) is 57.3 Å². The minimum absolute atomic E-state index is 0.0381. The predicted molar refractivity (Wildman–Crippen MR) is 207 cm³/mol. The maximum atomic E-state index is 14.0. The van der Waals surface area contributed by atoms with E-state index in [-0.39, 0.29) is 24.0 Å². The van der Waals surface area contributed by atoms with Gasteiger partial charge in [-0.3, -0.25) is 15.0 Å². The number of nitrogens with two attached hydrogens (primary N) is 1. The van der Waals surface area contributed by atoms with Crippen molar-refractivity contribution in [3.05, 3.63) is 88.2 Å². The van der Waals surface area contributed by atoms with Gasteiger partial charge in [-0.25, -0.2) is 4.79 Å². The second-order valence-corrected chi connectivity index (χ2v) is 20.5. The number of nitrogens with one attached hydrogen (secondary N) is 2. The third-order valence-corrected chi connectivity index (χ3v) is 13.4. The van der Waals surface area contributed by atoms with Crippen molar-refractivity contribution in [1.82, 2.24) is 5.32 Å². The summed E-state index contributed by atoms with van der Waals surface area (Å²) in [6, 6.07) is 14.0. The third-order valence-electron chi connectivity index (χ3n) is 9.14. The molecule has 2 atom stereocenters. The highest BCUT2D eigenvalue weighted by Crippen LogP contribution is 2.42. The first kappa shape index (κ1) is 38.1. The van der Waals surface area contributed by atoms with Gasteiger partial charge in [0.1, 0.15) is 13.7 Å². The molecule has 2 aromatic carbocycles. The number of ether oxygens (including phenoxy) is 1. The maximum absolute atomic E-state index is 14.0. The first-order valence-corrected chi connectivity index (χ1v) is 21.7. The van der Waals surface area contributed by atoms with Gasteiger partial charge < -0.3 is 15.4 Å². The van der Waals surface area contributed by atoms with Gasteiger partial charge in [-0.15, -0.1) is 0 Å². The number of fused-ring (bicyclic) bond motifs is 2. The summed E-state index contributed by atoms with van der Waals surface area (Å²) >= 11 is 1.72. The quantitative estimate of drug-likeness (QED) is 0.162. The van der Waals surface area contributed by atoms with E-state index in [1.54, 1.807) is 32.5 Å². The Bertz CT molecular complexity index is 1700. The highest BCUT2D eigenvalue weighted by Gasteiger charge is 2.40. The summed E-state index contributed by atoms with van der Waals surface area (Å²) in [5.74, 6) is 0.179. The number of rotatable bonds is 13. The summed E-state index contributed by atoms with van der Waals surface area (Å²) in [6.45, 7) is 16.2. The van der Waals surface area contributed by atoms with Crippen molar-refractivity contribution in [2.75, 3.05) is 17.3 Å². The topological polar surface area (TPSA) is 110 Å². The summed E-state index contributed by atoms with van der Waals surface area (Å²) in [7, 11) is -2.24. The maximum Gasteiger partial charge on any atom is 0.408 e. The predicted octanol–water partition coefficient (Wildman–Crippen LogP) is 6.56. The lowest BCUT2D eigenvalue weighted by Crippen LogP contribution is -2.51. The van der Waals surface area contributed by atoms with Crippen LogP contribution in [0.3, 0.4) is 0 Å². The molecule has 2 amide bonds. The molecule has 262 valence electrons. The van der Waals surface area contributed by atoms with Gasteiger partial charge >= 0.3 is 6.09 Å². The Morgan fingerprint density at radius 3 is 2.39 bits per heavy atom. The number of benzene rings is 2. The Hall–Kier alpha value is -3.69. The zero-order valence-electron chi connectivity index (χ0n) is 30.7. The fraction of sp³-hybridized carbons (Fsp3) is 0.450. The summed E-state index contributed by atoms with van der Waals surface area (Å²) in [5.41, 5.74) is 6.72. The van der Waals surface area contributed by atoms with E-state index in [1.165, 1.54) is 38.2 Å². The van der Waals surface area contributed by atoms with Gasteiger partial charge in [0, 0.05) is 30.2 Å². The normalized spacial score (nSPS) is 16.4. The number of Topliss-reactive ketones (excluding diaryl/α,β-unsaturated/α-hetero) is 1. The summed E-state index contributed by atoms with van der Waals surface area (Å²) in [4.78, 5) is 40.4. The van der Waals surface area contributed by atoms with E-state index in [4.69, 9.17) is 10.1 Å². The van der Waals surface area contributed by atoms with Crippen LogP contribution in [0.2, 0.25) is 13.1 Å². The van der Waals surface area contributed by atoms with Crippen molar-refractivity contribution in [1.29, 1.82) is 0 Å². The second-order valence-electron chi connectivity index (χ2n) is 15.2. The van der Waals surface area contributed by atoms with Crippen LogP contribution in [-0.4, -0.2) is 55.2 Å². The highest BCUT2D eigenvalue weighted by atomic mass is 32.2. The van der Waals surface area contributed by atoms with Crippen molar-refractivity contribution in [2.45, 2.75) is 92.0 Å². The number of ketones is 1. The largest absolute Gasteiger partial charge is 0.444 e. The van der Waals surface area contributed by atoms with Crippen LogP contribution in [0, 0.1) is 18.8 Å². The summed E-state index contributed by atoms with van der Waals surface area (Å²) in [5, 5.41) is 14.8. The van der Waals surface area contributed by atoms with E-state index >= 15 is 0 Å². The molecule has 4 rings (SSSR count). The second kappa shape index (κ2) is 15.9. The SMILES string of the molecule is CSCCC[C@H](CC(=O)[C@H](CC(C)C)NC(=O)OC(C)(C)C)C(=O)Nc1ccc2c(c1)[Si](C)(C)C1=CC(=[NH2+])C=CC1=C2c1ccccc1C. The van der Waals surface area contributed by atoms with Gasteiger partial charge in [0.25, 0.3) is 0 Å². The molecule has 0 radical (unpaired) electrons. The molecule has 49 heavy (non-hydrogen) atoms. The molecule has 1 heterocycles. The number of hydrogen-bond donors (Lipinski definition) is 3. The molecule has 0 fully saturated rings. The fourth-order valence-corrected chi connectivity index (χ4v) is 10.3. The standard InChI is InChI=1S/C40H53N3O4SSi/c1-25(2)21-33(43-39(46)47-40(4,5)6)34(44)22-27(14-12-20-48-7)38(45)42-29-17-19-32-36(24-29)49(8,9)35-23-28(41)16-18-31(35)37(32)30-15-11-10-13-26(30)3/h10-11,13,15-19,23-25,27,33,41H,12,14,20-22H2,1-9H3,(H,42,45)(H,43,46)/p+1/t27-,33+/m1/s1. The van der Waals surface area contributed by atoms with E-state index in [0.29, 0.717) is 18.5 Å². The number of amides is 2. The number of aryl methyl sites for hydroxylation is 1. The molecule has 0 saturated carbocycles. The molecule has 2 aromatic rings. The molecule has 1 aliphatic carbocycles.